The number of piperazine rings is 1. The van der Waals surface area contributed by atoms with Crippen LogP contribution in [0.25, 0.3) is 0 Å². The van der Waals surface area contributed by atoms with Crippen molar-refractivity contribution in [3.05, 3.63) is 83.6 Å². The van der Waals surface area contributed by atoms with E-state index in [1.54, 1.807) is 25.3 Å². The molecule has 1 amide bonds. The van der Waals surface area contributed by atoms with Crippen molar-refractivity contribution in [2.45, 2.75) is 13.1 Å². The molecule has 0 radical (unpaired) electrons. The second-order valence-electron chi connectivity index (χ2n) is 7.51. The summed E-state index contributed by atoms with van der Waals surface area (Å²) in [7, 11) is 1.69. The van der Waals surface area contributed by atoms with Crippen molar-refractivity contribution < 1.29 is 18.3 Å². The van der Waals surface area contributed by atoms with Gasteiger partial charge in [0.15, 0.2) is 5.76 Å². The number of benzene rings is 2. The molecule has 2 aromatic carbocycles. The van der Waals surface area contributed by atoms with Crippen LogP contribution in [0, 0.1) is 5.82 Å². The number of furan rings is 1. The first kappa shape index (κ1) is 20.9. The van der Waals surface area contributed by atoms with Gasteiger partial charge < -0.3 is 19.4 Å². The predicted octanol–water partition coefficient (Wildman–Crippen LogP) is 3.68. The van der Waals surface area contributed by atoms with Gasteiger partial charge in [-0.1, -0.05) is 24.3 Å². The minimum atomic E-state index is -0.297. The maximum atomic E-state index is 13.0. The summed E-state index contributed by atoms with van der Waals surface area (Å²) in [6, 6.07) is 17.6. The molecule has 31 heavy (non-hydrogen) atoms. The van der Waals surface area contributed by atoms with Gasteiger partial charge in [-0.15, -0.1) is 0 Å². The van der Waals surface area contributed by atoms with E-state index in [1.165, 1.54) is 12.1 Å². The van der Waals surface area contributed by atoms with Crippen molar-refractivity contribution in [2.75, 3.05) is 38.2 Å². The molecule has 7 heteroatoms. The first-order valence-electron chi connectivity index (χ1n) is 10.3. The van der Waals surface area contributed by atoms with Crippen LogP contribution < -0.4 is 15.0 Å². The van der Waals surface area contributed by atoms with Crippen LogP contribution in [0.4, 0.5) is 10.1 Å². The molecular weight excluding hydrogens is 397 g/mol. The molecule has 0 aliphatic carbocycles. The molecule has 4 rings (SSSR count). The Labute approximate surface area is 181 Å². The van der Waals surface area contributed by atoms with Crippen molar-refractivity contribution in [1.29, 1.82) is 0 Å². The Morgan fingerprint density at radius 3 is 2.52 bits per heavy atom. The Balaban J connectivity index is 1.27. The quantitative estimate of drug-likeness (QED) is 0.628. The van der Waals surface area contributed by atoms with E-state index in [-0.39, 0.29) is 17.5 Å². The summed E-state index contributed by atoms with van der Waals surface area (Å²) in [5.74, 6) is 1.35. The van der Waals surface area contributed by atoms with Crippen LogP contribution in [0.3, 0.4) is 0 Å². The van der Waals surface area contributed by atoms with E-state index < -0.39 is 0 Å². The molecule has 0 unspecified atom stereocenters. The lowest BCUT2D eigenvalue weighted by atomic mass is 10.2. The molecule has 1 aromatic heterocycles. The van der Waals surface area contributed by atoms with Gasteiger partial charge in [0.1, 0.15) is 17.3 Å². The number of nitrogens with one attached hydrogen (secondary N) is 1. The van der Waals surface area contributed by atoms with E-state index in [0.29, 0.717) is 13.1 Å². The average Bonchev–Trinajstić information content (AvgIpc) is 3.27. The van der Waals surface area contributed by atoms with Crippen LogP contribution in [0.1, 0.15) is 21.9 Å². The number of carbonyl (C=O) groups excluding carboxylic acids is 1. The van der Waals surface area contributed by atoms with Gasteiger partial charge in [-0.25, -0.2) is 4.39 Å². The second kappa shape index (κ2) is 9.66. The number of carbonyl (C=O) groups is 1. The van der Waals surface area contributed by atoms with Gasteiger partial charge in [0.25, 0.3) is 5.91 Å². The zero-order chi connectivity index (χ0) is 21.6. The molecule has 1 saturated heterocycles. The number of halogens is 1. The van der Waals surface area contributed by atoms with E-state index in [0.717, 1.165) is 48.9 Å². The molecule has 162 valence electrons. The second-order valence-corrected chi connectivity index (χ2v) is 7.51. The number of hydrogen-bond donors (Lipinski definition) is 1. The monoisotopic (exact) mass is 423 g/mol. The molecule has 3 aromatic rings. The summed E-state index contributed by atoms with van der Waals surface area (Å²) < 4.78 is 24.2. The third kappa shape index (κ3) is 5.24. The number of amides is 1. The van der Waals surface area contributed by atoms with Crippen molar-refractivity contribution in [2.24, 2.45) is 0 Å². The maximum Gasteiger partial charge on any atom is 0.287 e. The maximum absolute atomic E-state index is 13.0. The lowest BCUT2D eigenvalue weighted by Gasteiger charge is -2.36. The highest BCUT2D eigenvalue weighted by Crippen LogP contribution is 2.28. The number of ether oxygens (including phenoxy) is 1. The highest BCUT2D eigenvalue weighted by Gasteiger charge is 2.21. The third-order valence-corrected chi connectivity index (χ3v) is 5.43. The van der Waals surface area contributed by atoms with Crippen molar-refractivity contribution in [3.63, 3.8) is 0 Å². The molecule has 0 saturated carbocycles. The molecule has 1 N–H and O–H groups in total. The topological polar surface area (TPSA) is 58.0 Å². The van der Waals surface area contributed by atoms with E-state index in [1.807, 2.05) is 24.3 Å². The Bertz CT molecular complexity index is 1010. The van der Waals surface area contributed by atoms with Crippen LogP contribution in [0.2, 0.25) is 0 Å². The van der Waals surface area contributed by atoms with Crippen molar-refractivity contribution in [1.82, 2.24) is 10.2 Å². The summed E-state index contributed by atoms with van der Waals surface area (Å²) in [5.41, 5.74) is 1.94. The zero-order valence-electron chi connectivity index (χ0n) is 17.5. The van der Waals surface area contributed by atoms with Crippen LogP contribution in [0.5, 0.6) is 5.75 Å². The van der Waals surface area contributed by atoms with Gasteiger partial charge in [-0.3, -0.25) is 9.69 Å². The number of nitrogens with zero attached hydrogens (tertiary/aromatic N) is 2. The van der Waals surface area contributed by atoms with Crippen LogP contribution in [0.15, 0.2) is 65.1 Å². The lowest BCUT2D eigenvalue weighted by Crippen LogP contribution is -2.46. The van der Waals surface area contributed by atoms with Gasteiger partial charge in [0.05, 0.1) is 19.3 Å². The Morgan fingerprint density at radius 2 is 1.77 bits per heavy atom. The largest absolute Gasteiger partial charge is 0.495 e. The zero-order valence-corrected chi connectivity index (χ0v) is 17.5. The number of methoxy groups -OCH3 is 1. The van der Waals surface area contributed by atoms with Crippen LogP contribution >= 0.6 is 0 Å². The molecule has 0 bridgehead atoms. The first-order valence-corrected chi connectivity index (χ1v) is 10.3. The number of anilines is 1. The number of rotatable bonds is 7. The Morgan fingerprint density at radius 1 is 1.03 bits per heavy atom. The van der Waals surface area contributed by atoms with E-state index in [9.17, 15) is 9.18 Å². The molecule has 1 aliphatic heterocycles. The molecular formula is C24H26FN3O3. The van der Waals surface area contributed by atoms with Crippen molar-refractivity contribution >= 4 is 11.6 Å². The van der Waals surface area contributed by atoms with Gasteiger partial charge in [-0.05, 0) is 42.0 Å². The molecule has 2 heterocycles. The van der Waals surface area contributed by atoms with E-state index in [2.05, 4.69) is 21.2 Å². The fourth-order valence-corrected chi connectivity index (χ4v) is 3.71. The third-order valence-electron chi connectivity index (χ3n) is 5.43. The number of hydrogen-bond acceptors (Lipinski definition) is 5. The fourth-order valence-electron chi connectivity index (χ4n) is 3.71. The first-order chi connectivity index (χ1) is 15.1. The van der Waals surface area contributed by atoms with Gasteiger partial charge in [0.2, 0.25) is 0 Å². The van der Waals surface area contributed by atoms with Gasteiger partial charge in [-0.2, -0.15) is 0 Å². The summed E-state index contributed by atoms with van der Waals surface area (Å²) in [4.78, 5) is 17.0. The predicted molar refractivity (Wildman–Crippen MR) is 117 cm³/mol. The van der Waals surface area contributed by atoms with Crippen molar-refractivity contribution in [3.8, 4) is 5.75 Å². The SMILES string of the molecule is COc1ccccc1N1CCN(Cc2ccc(C(=O)NCc3ccc(F)cc3)o2)CC1. The standard InChI is InChI=1S/C24H26FN3O3/c1-30-22-5-3-2-4-21(22)28-14-12-27(13-15-28)17-20-10-11-23(31-20)24(29)26-16-18-6-8-19(25)9-7-18/h2-11H,12-17H2,1H3,(H,26,29). The number of para-hydroxylation sites is 2. The van der Waals surface area contributed by atoms with Gasteiger partial charge >= 0.3 is 0 Å². The van der Waals surface area contributed by atoms with Gasteiger partial charge in [0, 0.05) is 32.7 Å². The summed E-state index contributed by atoms with van der Waals surface area (Å²) >= 11 is 0. The smallest absolute Gasteiger partial charge is 0.287 e. The lowest BCUT2D eigenvalue weighted by molar-refractivity contribution is 0.0919. The molecule has 1 aliphatic rings. The Kier molecular flexibility index (Phi) is 6.52. The Hall–Kier alpha value is -3.32. The molecule has 1 fully saturated rings. The summed E-state index contributed by atoms with van der Waals surface area (Å²) in [6.07, 6.45) is 0. The normalized spacial score (nSPS) is 14.5. The molecule has 0 spiro atoms. The minimum absolute atomic E-state index is 0.281. The molecule has 6 nitrogen and oxygen atoms in total. The van der Waals surface area contributed by atoms with Crippen LogP contribution in [-0.4, -0.2) is 44.1 Å². The van der Waals surface area contributed by atoms with E-state index in [4.69, 9.17) is 9.15 Å². The molecule has 0 atom stereocenters. The average molecular weight is 423 g/mol. The highest BCUT2D eigenvalue weighted by molar-refractivity contribution is 5.91. The fraction of sp³-hybridized carbons (Fsp3) is 0.292. The van der Waals surface area contributed by atoms with Crippen LogP contribution in [-0.2, 0) is 13.1 Å². The highest BCUT2D eigenvalue weighted by atomic mass is 19.1. The minimum Gasteiger partial charge on any atom is -0.495 e. The summed E-state index contributed by atoms with van der Waals surface area (Å²) in [6.45, 7) is 4.55. The summed E-state index contributed by atoms with van der Waals surface area (Å²) in [5, 5.41) is 2.80. The van der Waals surface area contributed by atoms with E-state index >= 15 is 0 Å².